The maximum absolute atomic E-state index is 15.5. The third-order valence-electron chi connectivity index (χ3n) is 10.2. The zero-order valence-corrected chi connectivity index (χ0v) is 33.6. The normalized spacial score (nSPS) is 18.8. The first-order chi connectivity index (χ1) is 28.9. The van der Waals surface area contributed by atoms with Gasteiger partial charge in [0.2, 0.25) is 5.96 Å². The summed E-state index contributed by atoms with van der Waals surface area (Å²) in [4.78, 5) is 48.3. The number of rotatable bonds is 12. The van der Waals surface area contributed by atoms with Crippen LogP contribution in [0.15, 0.2) is 95.3 Å². The van der Waals surface area contributed by atoms with E-state index in [2.05, 4.69) is 32.0 Å². The van der Waals surface area contributed by atoms with Crippen molar-refractivity contribution < 1.29 is 45.8 Å². The minimum atomic E-state index is -4.74. The van der Waals surface area contributed by atoms with Crippen molar-refractivity contribution in [3.05, 3.63) is 112 Å². The summed E-state index contributed by atoms with van der Waals surface area (Å²) in [6.45, 7) is 1.86. The summed E-state index contributed by atoms with van der Waals surface area (Å²) in [5.41, 5.74) is 5.47. The Bertz CT molecular complexity index is 2350. The lowest BCUT2D eigenvalue weighted by atomic mass is 9.75. The van der Waals surface area contributed by atoms with Crippen LogP contribution in [0.2, 0.25) is 5.02 Å². The van der Waals surface area contributed by atoms with Crippen LogP contribution in [0.3, 0.4) is 0 Å². The molecule has 0 spiro atoms. The summed E-state index contributed by atoms with van der Waals surface area (Å²) in [5, 5.41) is 12.6. The number of carbonyl (C=O) groups excluding carboxylic acids is 3. The van der Waals surface area contributed by atoms with E-state index in [9.17, 15) is 31.5 Å². The number of amidine groups is 1. The lowest BCUT2D eigenvalue weighted by molar-refractivity contribution is -0.164. The van der Waals surface area contributed by atoms with Crippen molar-refractivity contribution in [1.82, 2.24) is 41.8 Å². The maximum atomic E-state index is 15.5. The van der Waals surface area contributed by atoms with Crippen molar-refractivity contribution in [2.45, 2.75) is 76.5 Å². The third-order valence-corrected chi connectivity index (χ3v) is 10.5. The Kier molecular flexibility index (Phi) is 11.7. The molecule has 0 radical (unpaired) electrons. The van der Waals surface area contributed by atoms with Crippen LogP contribution >= 0.6 is 11.6 Å². The Hall–Kier alpha value is -6.28. The van der Waals surface area contributed by atoms with Gasteiger partial charge in [0.25, 0.3) is 5.91 Å². The van der Waals surface area contributed by atoms with E-state index in [-0.39, 0.29) is 48.3 Å². The lowest BCUT2D eigenvalue weighted by Crippen LogP contribution is -2.51. The summed E-state index contributed by atoms with van der Waals surface area (Å²) in [7, 11) is 0. The van der Waals surface area contributed by atoms with Crippen molar-refractivity contribution in [2.24, 2.45) is 15.5 Å². The number of halogens is 6. The third kappa shape index (κ3) is 9.24. The van der Waals surface area contributed by atoms with Gasteiger partial charge in [0.1, 0.15) is 18.8 Å². The summed E-state index contributed by atoms with van der Waals surface area (Å²) < 4.78 is 79.8. The molecule has 4 aromatic rings. The first kappa shape index (κ1) is 42.8. The molecule has 1 fully saturated rings. The maximum Gasteiger partial charge on any atom is 0.414 e. The number of alkyl carbamates (subject to hydrolysis) is 2. The predicted molar refractivity (Wildman–Crippen MR) is 211 cm³/mol. The van der Waals surface area contributed by atoms with E-state index in [0.717, 1.165) is 4.90 Å². The quantitative estimate of drug-likeness (QED) is 0.0924. The Balaban J connectivity index is 1.32. The van der Waals surface area contributed by atoms with E-state index < -0.39 is 60.0 Å². The molecule has 7 rings (SSSR count). The molecular weight excluding hydrogens is 831 g/mol. The van der Waals surface area contributed by atoms with E-state index in [1.165, 1.54) is 30.6 Å². The smallest absolute Gasteiger partial charge is 0.414 e. The number of aliphatic imine (C=N–C) groups is 1. The summed E-state index contributed by atoms with van der Waals surface area (Å²) in [5.74, 6) is -0.803. The van der Waals surface area contributed by atoms with Gasteiger partial charge >= 0.3 is 24.9 Å². The topological polar surface area (TPSA) is 176 Å². The van der Waals surface area contributed by atoms with Gasteiger partial charge in [-0.3, -0.25) is 20.4 Å². The second-order valence-corrected chi connectivity index (χ2v) is 16.2. The number of hydrogen-bond donors (Lipinski definition) is 5. The van der Waals surface area contributed by atoms with Crippen LogP contribution < -0.4 is 27.1 Å². The molecule has 2 atom stereocenters. The number of nitrogens with zero attached hydrogens (tertiary/aromatic N) is 5. The van der Waals surface area contributed by atoms with Gasteiger partial charge in [0.05, 0.1) is 17.3 Å². The fraction of sp³-hybridized carbons (Fsp3) is 0.350. The van der Waals surface area contributed by atoms with E-state index in [0.29, 0.717) is 32.5 Å². The Morgan fingerprint density at radius 3 is 2.30 bits per heavy atom. The first-order valence-electron chi connectivity index (χ1n) is 18.9. The largest absolute Gasteiger partial charge is 0.447 e. The van der Waals surface area contributed by atoms with E-state index >= 15 is 4.79 Å². The Morgan fingerprint density at radius 2 is 1.69 bits per heavy atom. The van der Waals surface area contributed by atoms with Crippen molar-refractivity contribution in [3.63, 3.8) is 0 Å². The average Bonchev–Trinajstić information content (AvgIpc) is 3.51. The molecule has 1 aromatic heterocycles. The number of hydrazone groups is 1. The first-order valence-corrected chi connectivity index (χ1v) is 19.3. The number of nitrogens with one attached hydrogen (secondary N) is 5. The molecule has 61 heavy (non-hydrogen) atoms. The van der Waals surface area contributed by atoms with Gasteiger partial charge in [0, 0.05) is 17.3 Å². The number of hydrazine groups is 2. The van der Waals surface area contributed by atoms with Crippen LogP contribution in [0, 0.1) is 5.41 Å². The number of aromatic nitrogens is 2. The van der Waals surface area contributed by atoms with Crippen LogP contribution in [-0.4, -0.2) is 62.9 Å². The van der Waals surface area contributed by atoms with Gasteiger partial charge in [-0.25, -0.2) is 24.8 Å². The highest BCUT2D eigenvalue weighted by Crippen LogP contribution is 2.49. The molecule has 3 heterocycles. The Morgan fingerprint density at radius 1 is 0.967 bits per heavy atom. The molecule has 5 N–H and O–H groups in total. The second kappa shape index (κ2) is 16.6. The molecule has 3 amide bonds. The van der Waals surface area contributed by atoms with E-state index in [4.69, 9.17) is 26.1 Å². The summed E-state index contributed by atoms with van der Waals surface area (Å²) in [6, 6.07) is 18.4. The number of ether oxygens (including phenoxy) is 2. The minimum Gasteiger partial charge on any atom is -0.447 e. The molecule has 3 aromatic carbocycles. The van der Waals surface area contributed by atoms with Crippen molar-refractivity contribution in [2.75, 3.05) is 6.61 Å². The van der Waals surface area contributed by atoms with Gasteiger partial charge < -0.3 is 14.8 Å². The molecule has 322 valence electrons. The summed E-state index contributed by atoms with van der Waals surface area (Å²) >= 11 is 6.58. The molecule has 1 saturated carbocycles. The van der Waals surface area contributed by atoms with Gasteiger partial charge in [0.15, 0.2) is 11.4 Å². The van der Waals surface area contributed by atoms with Gasteiger partial charge in [-0.1, -0.05) is 93.0 Å². The highest BCUT2D eigenvalue weighted by Gasteiger charge is 2.65. The van der Waals surface area contributed by atoms with Crippen LogP contribution in [0.1, 0.15) is 74.9 Å². The van der Waals surface area contributed by atoms with Crippen LogP contribution in [0.4, 0.5) is 31.5 Å². The molecule has 1 aliphatic carbocycles. The lowest BCUT2D eigenvalue weighted by Gasteiger charge is -2.35. The van der Waals surface area contributed by atoms with E-state index in [1.54, 1.807) is 54.6 Å². The highest BCUT2D eigenvalue weighted by molar-refractivity contribution is 6.34. The van der Waals surface area contributed by atoms with Crippen LogP contribution in [-0.2, 0) is 26.4 Å². The molecule has 15 nitrogen and oxygen atoms in total. The zero-order chi connectivity index (χ0) is 43.7. The van der Waals surface area contributed by atoms with Crippen molar-refractivity contribution >= 4 is 41.5 Å². The second-order valence-electron chi connectivity index (χ2n) is 15.8. The van der Waals surface area contributed by atoms with Crippen molar-refractivity contribution in [3.8, 4) is 11.1 Å². The monoisotopic (exact) mass is 870 g/mol. The number of benzene rings is 3. The number of carbonyl (C=O) groups is 3. The van der Waals surface area contributed by atoms with Crippen LogP contribution in [0.5, 0.6) is 0 Å². The average molecular weight is 871 g/mol. The van der Waals surface area contributed by atoms with Gasteiger partial charge in [-0.05, 0) is 59.1 Å². The standard InChI is InChI=1S/C40H40ClF5N10O5/c1-37(2,3)22-39(27-12-9-24(10-13-27)26-18-47-55(19-26)33(42)43)32(57)56(34(49-39)48-35(58)60-20-23-7-5-4-6-8-23)30(21-61-36(59)50-38(15-16-38)40(44,45)46)25-11-14-29(41)28(17-25)31-51-53-54-52-31/h4-14,17-19,30,33,53-54H,15-16,20-22H2,1-3H3,(H,50,59)(H,51,52)(H,48,49,58)/t30-,39-/m1/s1. The minimum absolute atomic E-state index is 0.0360. The zero-order valence-electron chi connectivity index (χ0n) is 32.8. The van der Waals surface area contributed by atoms with Gasteiger partial charge in [-0.15, -0.1) is 10.6 Å². The number of hydrogen-bond acceptors (Lipinski definition) is 11. The molecular formula is C40H40ClF5N10O5. The van der Waals surface area contributed by atoms with Gasteiger partial charge in [-0.2, -0.15) is 27.1 Å². The number of amides is 3. The molecule has 21 heteroatoms. The molecule has 0 saturated heterocycles. The fourth-order valence-corrected chi connectivity index (χ4v) is 7.29. The van der Waals surface area contributed by atoms with Crippen molar-refractivity contribution in [1.29, 1.82) is 0 Å². The molecule has 0 bridgehead atoms. The molecule has 0 unspecified atom stereocenters. The molecule has 3 aliphatic rings. The highest BCUT2D eigenvalue weighted by atomic mass is 35.5. The fourth-order valence-electron chi connectivity index (χ4n) is 7.08. The molecule has 2 aliphatic heterocycles. The summed E-state index contributed by atoms with van der Waals surface area (Å²) in [6.07, 6.45) is -5.34. The predicted octanol–water partition coefficient (Wildman–Crippen LogP) is 7.19. The Labute approximate surface area is 350 Å². The van der Waals surface area contributed by atoms with E-state index in [1.807, 2.05) is 26.1 Å². The van der Waals surface area contributed by atoms with Crippen LogP contribution in [0.25, 0.3) is 11.1 Å². The number of alkyl halides is 5. The number of guanidine groups is 1. The SMILES string of the molecule is CC(C)(C)C[C@]1(c2ccc(-c3cnn(C(F)F)c3)cc2)N=C(NC(=O)OCc2ccccc2)N([C@H](COC(=O)NC2(C(F)(F)F)CC2)c2ccc(Cl)c(C3=NNNN3)c2)C1=O.